The zero-order chi connectivity index (χ0) is 17.8. The zero-order valence-electron chi connectivity index (χ0n) is 17.3. The molecular formula is C23H40N+. The highest BCUT2D eigenvalue weighted by Gasteiger charge is 2.55. The summed E-state index contributed by atoms with van der Waals surface area (Å²) in [6, 6.07) is 0. The maximum absolute atomic E-state index is 2.65. The molecule has 3 aliphatic carbocycles. The molecule has 1 nitrogen and oxygen atoms in total. The highest BCUT2D eigenvalue weighted by atomic mass is 15.3. The number of quaternary nitrogens is 1. The normalized spacial score (nSPS) is 39.8. The molecule has 0 aromatic heterocycles. The summed E-state index contributed by atoms with van der Waals surface area (Å²) in [6.45, 7) is 11.3. The molecule has 0 aromatic rings. The summed E-state index contributed by atoms with van der Waals surface area (Å²) in [5, 5.41) is 0. The van der Waals surface area contributed by atoms with E-state index in [1.165, 1.54) is 45.1 Å². The van der Waals surface area contributed by atoms with Gasteiger partial charge in [0.05, 0.1) is 27.7 Å². The average molecular weight is 331 g/mol. The summed E-state index contributed by atoms with van der Waals surface area (Å²) in [5.74, 6) is 2.39. The van der Waals surface area contributed by atoms with E-state index in [9.17, 15) is 0 Å². The fourth-order valence-corrected chi connectivity index (χ4v) is 6.75. The lowest BCUT2D eigenvalue weighted by Crippen LogP contribution is -2.56. The lowest BCUT2D eigenvalue weighted by Gasteiger charge is -2.59. The number of fused-ring (bicyclic) bond motifs is 3. The lowest BCUT2D eigenvalue weighted by molar-refractivity contribution is -0.878. The topological polar surface area (TPSA) is 0 Å². The Kier molecular flexibility index (Phi) is 4.56. The Morgan fingerprint density at radius 2 is 1.88 bits per heavy atom. The molecule has 3 rings (SSSR count). The predicted octanol–water partition coefficient (Wildman–Crippen LogP) is 5.83. The largest absolute Gasteiger partial charge is 0.330 e. The molecule has 3 aliphatic rings. The molecular weight excluding hydrogens is 290 g/mol. The van der Waals surface area contributed by atoms with Gasteiger partial charge in [-0.15, -0.1) is 0 Å². The SMILES string of the molecule is CC(C)C1=CC2=CCC3[C@@](C)(C[N+](C)(C)C)CCC[C@]3(C)[C@@H]2CC1. The van der Waals surface area contributed by atoms with Gasteiger partial charge in [-0.1, -0.05) is 51.8 Å². The maximum Gasteiger partial charge on any atom is 0.0837 e. The molecule has 0 saturated heterocycles. The van der Waals surface area contributed by atoms with Gasteiger partial charge in [-0.05, 0) is 60.8 Å². The third-order valence-corrected chi connectivity index (χ3v) is 7.54. The molecule has 0 heterocycles. The molecule has 0 radical (unpaired) electrons. The van der Waals surface area contributed by atoms with Crippen LogP contribution < -0.4 is 0 Å². The summed E-state index contributed by atoms with van der Waals surface area (Å²) in [5.41, 5.74) is 4.39. The standard InChI is InChI=1S/C23H40N/c1-17(2)18-9-11-20-19(15-18)10-12-21-22(3,16-24(5,6)7)13-8-14-23(20,21)4/h10,15,17,20-21H,8-9,11-14,16H2,1-7H3/q+1/t20-,21?,22-,23-/m1/s1. The second-order valence-electron chi connectivity index (χ2n) is 10.9. The minimum absolute atomic E-state index is 0.495. The molecule has 1 unspecified atom stereocenters. The van der Waals surface area contributed by atoms with Crippen LogP contribution in [0.4, 0.5) is 0 Å². The first-order valence-electron chi connectivity index (χ1n) is 10.3. The van der Waals surface area contributed by atoms with E-state index < -0.39 is 0 Å². The van der Waals surface area contributed by atoms with Gasteiger partial charge in [-0.25, -0.2) is 0 Å². The van der Waals surface area contributed by atoms with E-state index in [-0.39, 0.29) is 0 Å². The van der Waals surface area contributed by atoms with E-state index in [2.05, 4.69) is 61.0 Å². The van der Waals surface area contributed by atoms with Crippen LogP contribution in [0.1, 0.15) is 66.2 Å². The van der Waals surface area contributed by atoms with Crippen molar-refractivity contribution in [2.24, 2.45) is 28.6 Å². The zero-order valence-corrected chi connectivity index (χ0v) is 17.3. The molecule has 1 fully saturated rings. The highest BCUT2D eigenvalue weighted by molar-refractivity contribution is 5.35. The van der Waals surface area contributed by atoms with Gasteiger partial charge >= 0.3 is 0 Å². The van der Waals surface area contributed by atoms with Gasteiger partial charge in [0.1, 0.15) is 0 Å². The minimum atomic E-state index is 0.495. The Morgan fingerprint density at radius 3 is 2.50 bits per heavy atom. The van der Waals surface area contributed by atoms with E-state index in [1.807, 2.05) is 0 Å². The Labute approximate surface area is 150 Å². The molecule has 0 N–H and O–H groups in total. The van der Waals surface area contributed by atoms with Crippen molar-refractivity contribution < 1.29 is 4.48 Å². The fourth-order valence-electron chi connectivity index (χ4n) is 6.75. The van der Waals surface area contributed by atoms with Gasteiger partial charge in [-0.3, -0.25) is 0 Å². The van der Waals surface area contributed by atoms with Crippen molar-refractivity contribution in [3.63, 3.8) is 0 Å². The Morgan fingerprint density at radius 1 is 1.17 bits per heavy atom. The smallest absolute Gasteiger partial charge is 0.0837 e. The average Bonchev–Trinajstić information content (AvgIpc) is 2.44. The second kappa shape index (κ2) is 6.01. The van der Waals surface area contributed by atoms with Gasteiger partial charge in [0.2, 0.25) is 0 Å². The maximum atomic E-state index is 2.65. The molecule has 0 spiro atoms. The van der Waals surface area contributed by atoms with Gasteiger partial charge in [-0.2, -0.15) is 0 Å². The van der Waals surface area contributed by atoms with Crippen LogP contribution in [-0.2, 0) is 0 Å². The van der Waals surface area contributed by atoms with Crippen molar-refractivity contribution in [1.82, 2.24) is 0 Å². The molecule has 0 aromatic carbocycles. The summed E-state index contributed by atoms with van der Waals surface area (Å²) in [7, 11) is 7.12. The van der Waals surface area contributed by atoms with Crippen LogP contribution in [0, 0.1) is 28.6 Å². The summed E-state index contributed by atoms with van der Waals surface area (Å²) in [4.78, 5) is 0. The first kappa shape index (κ1) is 18.2. The summed E-state index contributed by atoms with van der Waals surface area (Å²) < 4.78 is 1.10. The number of allylic oxidation sites excluding steroid dienone is 4. The van der Waals surface area contributed by atoms with E-state index in [0.717, 1.165) is 16.3 Å². The number of hydrogen-bond acceptors (Lipinski definition) is 0. The van der Waals surface area contributed by atoms with Crippen molar-refractivity contribution in [2.45, 2.75) is 66.2 Å². The molecule has 4 atom stereocenters. The minimum Gasteiger partial charge on any atom is -0.330 e. The van der Waals surface area contributed by atoms with Gasteiger partial charge in [0, 0.05) is 5.41 Å². The third-order valence-electron chi connectivity index (χ3n) is 7.54. The summed E-state index contributed by atoms with van der Waals surface area (Å²) >= 11 is 0. The first-order chi connectivity index (χ1) is 11.1. The first-order valence-corrected chi connectivity index (χ1v) is 10.3. The van der Waals surface area contributed by atoms with Crippen LogP contribution in [0.5, 0.6) is 0 Å². The number of rotatable bonds is 3. The van der Waals surface area contributed by atoms with E-state index in [0.29, 0.717) is 16.7 Å². The molecule has 0 aliphatic heterocycles. The molecule has 1 saturated carbocycles. The van der Waals surface area contributed by atoms with Gasteiger partial charge < -0.3 is 4.48 Å². The van der Waals surface area contributed by atoms with Gasteiger partial charge in [0.15, 0.2) is 0 Å². The molecule has 1 heteroatoms. The summed E-state index contributed by atoms with van der Waals surface area (Å²) in [6.07, 6.45) is 13.5. The van der Waals surface area contributed by atoms with Crippen molar-refractivity contribution in [3.05, 3.63) is 23.3 Å². The lowest BCUT2D eigenvalue weighted by atomic mass is 9.46. The fraction of sp³-hybridized carbons (Fsp3) is 0.826. The van der Waals surface area contributed by atoms with Crippen molar-refractivity contribution in [3.8, 4) is 0 Å². The van der Waals surface area contributed by atoms with E-state index >= 15 is 0 Å². The van der Waals surface area contributed by atoms with E-state index in [1.54, 1.807) is 11.1 Å². The Bertz CT molecular complexity index is 547. The van der Waals surface area contributed by atoms with Crippen LogP contribution in [0.25, 0.3) is 0 Å². The quantitative estimate of drug-likeness (QED) is 0.571. The second-order valence-corrected chi connectivity index (χ2v) is 10.9. The van der Waals surface area contributed by atoms with Crippen molar-refractivity contribution in [1.29, 1.82) is 0 Å². The van der Waals surface area contributed by atoms with Crippen LogP contribution in [-0.4, -0.2) is 32.2 Å². The van der Waals surface area contributed by atoms with Crippen LogP contribution in [0.2, 0.25) is 0 Å². The number of nitrogens with zero attached hydrogens (tertiary/aromatic N) is 1. The van der Waals surface area contributed by atoms with Crippen molar-refractivity contribution in [2.75, 3.05) is 27.7 Å². The molecule has 0 bridgehead atoms. The number of hydrogen-bond donors (Lipinski definition) is 0. The third kappa shape index (κ3) is 3.14. The predicted molar refractivity (Wildman–Crippen MR) is 105 cm³/mol. The van der Waals surface area contributed by atoms with Crippen molar-refractivity contribution >= 4 is 0 Å². The molecule has 24 heavy (non-hydrogen) atoms. The van der Waals surface area contributed by atoms with Crippen LogP contribution in [0.15, 0.2) is 23.3 Å². The Hall–Kier alpha value is -0.560. The molecule has 136 valence electrons. The van der Waals surface area contributed by atoms with Gasteiger partial charge in [0.25, 0.3) is 0 Å². The van der Waals surface area contributed by atoms with Crippen LogP contribution in [0.3, 0.4) is 0 Å². The molecule has 0 amide bonds. The van der Waals surface area contributed by atoms with Crippen LogP contribution >= 0.6 is 0 Å². The Balaban J connectivity index is 1.94. The van der Waals surface area contributed by atoms with E-state index in [4.69, 9.17) is 0 Å². The monoisotopic (exact) mass is 330 g/mol. The highest BCUT2D eigenvalue weighted by Crippen LogP contribution is 2.62.